The maximum absolute atomic E-state index is 11.9. The molecule has 0 saturated heterocycles. The molecule has 0 radical (unpaired) electrons. The number of thioether (sulfide) groups is 1. The molecule has 1 fully saturated rings. The summed E-state index contributed by atoms with van der Waals surface area (Å²) >= 11 is 1.39. The number of carbonyl (C=O) groups is 1. The molecule has 2 aromatic rings. The van der Waals surface area contributed by atoms with E-state index in [0.29, 0.717) is 22.7 Å². The number of carbonyl (C=O) groups excluding carboxylic acids is 1. The van der Waals surface area contributed by atoms with Gasteiger partial charge >= 0.3 is 0 Å². The van der Waals surface area contributed by atoms with Crippen molar-refractivity contribution in [1.29, 1.82) is 0 Å². The highest BCUT2D eigenvalue weighted by Gasteiger charge is 2.16. The number of hydrogen-bond acceptors (Lipinski definition) is 5. The first-order valence-electron chi connectivity index (χ1n) is 6.91. The van der Waals surface area contributed by atoms with E-state index in [1.807, 2.05) is 12.3 Å². The molecule has 6 nitrogen and oxygen atoms in total. The van der Waals surface area contributed by atoms with Gasteiger partial charge in [0.1, 0.15) is 0 Å². The maximum atomic E-state index is 11.9. The van der Waals surface area contributed by atoms with Gasteiger partial charge in [-0.05, 0) is 18.9 Å². The topological polar surface area (TPSA) is 72.2 Å². The second-order valence-electron chi connectivity index (χ2n) is 4.96. The normalized spacial score (nSPS) is 16.4. The molecule has 20 heavy (non-hydrogen) atoms. The quantitative estimate of drug-likeness (QED) is 0.867. The van der Waals surface area contributed by atoms with E-state index in [9.17, 15) is 4.79 Å². The van der Waals surface area contributed by atoms with Crippen LogP contribution < -0.4 is 5.32 Å². The van der Waals surface area contributed by atoms with Gasteiger partial charge in [0.2, 0.25) is 5.91 Å². The molecule has 1 amide bonds. The van der Waals surface area contributed by atoms with Crippen LogP contribution in [0.1, 0.15) is 32.1 Å². The number of rotatable bonds is 4. The monoisotopic (exact) mass is 291 g/mol. The van der Waals surface area contributed by atoms with Crippen molar-refractivity contribution in [3.8, 4) is 0 Å². The Hall–Kier alpha value is -1.63. The number of fused-ring (bicyclic) bond motifs is 1. The number of nitrogens with one attached hydrogen (secondary N) is 1. The van der Waals surface area contributed by atoms with Crippen molar-refractivity contribution in [3.05, 3.63) is 18.5 Å². The molecule has 1 N–H and O–H groups in total. The van der Waals surface area contributed by atoms with Crippen LogP contribution in [0.5, 0.6) is 0 Å². The van der Waals surface area contributed by atoms with Crippen LogP contribution in [-0.4, -0.2) is 37.3 Å². The van der Waals surface area contributed by atoms with Crippen LogP contribution in [-0.2, 0) is 4.79 Å². The van der Waals surface area contributed by atoms with E-state index in [1.54, 1.807) is 10.6 Å². The molecule has 0 bridgehead atoms. The van der Waals surface area contributed by atoms with Crippen molar-refractivity contribution < 1.29 is 4.79 Å². The molecule has 1 aliphatic rings. The van der Waals surface area contributed by atoms with Gasteiger partial charge in [0.15, 0.2) is 5.16 Å². The van der Waals surface area contributed by atoms with Gasteiger partial charge in [-0.1, -0.05) is 31.0 Å². The largest absolute Gasteiger partial charge is 0.353 e. The molecule has 1 saturated carbocycles. The highest BCUT2D eigenvalue weighted by atomic mass is 32.2. The molecule has 3 rings (SSSR count). The van der Waals surface area contributed by atoms with Gasteiger partial charge in [-0.25, -0.2) is 4.98 Å². The second-order valence-corrected chi connectivity index (χ2v) is 5.91. The summed E-state index contributed by atoms with van der Waals surface area (Å²) in [6.45, 7) is 0. The van der Waals surface area contributed by atoms with Crippen LogP contribution in [0.25, 0.3) is 5.78 Å². The summed E-state index contributed by atoms with van der Waals surface area (Å²) in [5.74, 6) is 0.997. The summed E-state index contributed by atoms with van der Waals surface area (Å²) in [4.78, 5) is 16.0. The summed E-state index contributed by atoms with van der Waals surface area (Å²) in [5, 5.41) is 11.8. The Bertz CT molecular complexity index is 593. The SMILES string of the molecule is O=C(CSc1nnc2ncccn12)NC1CCCCC1. The van der Waals surface area contributed by atoms with Gasteiger partial charge in [0.05, 0.1) is 5.75 Å². The molecular formula is C13H17N5OS. The average molecular weight is 291 g/mol. The van der Waals surface area contributed by atoms with Crippen molar-refractivity contribution in [2.45, 2.75) is 43.3 Å². The van der Waals surface area contributed by atoms with Gasteiger partial charge < -0.3 is 5.32 Å². The van der Waals surface area contributed by atoms with E-state index in [0.717, 1.165) is 12.8 Å². The molecule has 106 valence electrons. The van der Waals surface area contributed by atoms with Crippen LogP contribution in [0.3, 0.4) is 0 Å². The van der Waals surface area contributed by atoms with Crippen LogP contribution in [0, 0.1) is 0 Å². The first-order chi connectivity index (χ1) is 9.83. The number of amides is 1. The smallest absolute Gasteiger partial charge is 0.255 e. The minimum atomic E-state index is 0.0718. The van der Waals surface area contributed by atoms with Gasteiger partial charge in [0, 0.05) is 18.4 Å². The van der Waals surface area contributed by atoms with Crippen molar-refractivity contribution in [1.82, 2.24) is 24.9 Å². The molecule has 2 aromatic heterocycles. The van der Waals surface area contributed by atoms with E-state index < -0.39 is 0 Å². The fourth-order valence-corrected chi connectivity index (χ4v) is 3.19. The fourth-order valence-electron chi connectivity index (χ4n) is 2.47. The average Bonchev–Trinajstić information content (AvgIpc) is 2.89. The standard InChI is InChI=1S/C13H17N5OS/c19-11(15-10-5-2-1-3-6-10)9-20-13-17-16-12-14-7-4-8-18(12)13/h4,7-8,10H,1-3,5-6,9H2,(H,15,19). The van der Waals surface area contributed by atoms with E-state index in [-0.39, 0.29) is 5.91 Å². The van der Waals surface area contributed by atoms with E-state index in [1.165, 1.54) is 31.0 Å². The Balaban J connectivity index is 1.54. The summed E-state index contributed by atoms with van der Waals surface area (Å²) in [6.07, 6.45) is 9.47. The third-order valence-electron chi connectivity index (χ3n) is 3.46. The Morgan fingerprint density at radius 2 is 2.20 bits per heavy atom. The zero-order valence-corrected chi connectivity index (χ0v) is 12.0. The molecule has 0 spiro atoms. The van der Waals surface area contributed by atoms with Gasteiger partial charge in [-0.3, -0.25) is 9.20 Å². The number of hydrogen-bond donors (Lipinski definition) is 1. The highest BCUT2D eigenvalue weighted by Crippen LogP contribution is 2.18. The molecule has 0 unspecified atom stereocenters. The maximum Gasteiger partial charge on any atom is 0.255 e. The number of aromatic nitrogens is 4. The molecule has 0 aliphatic heterocycles. The molecule has 1 aliphatic carbocycles. The Kier molecular flexibility index (Phi) is 4.15. The predicted molar refractivity (Wildman–Crippen MR) is 76.5 cm³/mol. The van der Waals surface area contributed by atoms with Crippen LogP contribution in [0.4, 0.5) is 0 Å². The van der Waals surface area contributed by atoms with Gasteiger partial charge in [-0.15, -0.1) is 10.2 Å². The lowest BCUT2D eigenvalue weighted by molar-refractivity contribution is -0.119. The lowest BCUT2D eigenvalue weighted by atomic mass is 9.95. The van der Waals surface area contributed by atoms with Crippen molar-refractivity contribution in [2.24, 2.45) is 0 Å². The van der Waals surface area contributed by atoms with Crippen molar-refractivity contribution in [2.75, 3.05) is 5.75 Å². The van der Waals surface area contributed by atoms with Crippen LogP contribution in [0.2, 0.25) is 0 Å². The lowest BCUT2D eigenvalue weighted by Gasteiger charge is -2.22. The summed E-state index contributed by atoms with van der Waals surface area (Å²) < 4.78 is 1.79. The van der Waals surface area contributed by atoms with E-state index in [2.05, 4.69) is 20.5 Å². The third-order valence-corrected chi connectivity index (χ3v) is 4.40. The zero-order chi connectivity index (χ0) is 13.8. The van der Waals surface area contributed by atoms with Crippen LogP contribution >= 0.6 is 11.8 Å². The summed E-state index contributed by atoms with van der Waals surface area (Å²) in [6, 6.07) is 2.18. The Morgan fingerprint density at radius 1 is 1.35 bits per heavy atom. The van der Waals surface area contributed by atoms with Gasteiger partial charge in [-0.2, -0.15) is 0 Å². The molecular weight excluding hydrogens is 274 g/mol. The predicted octanol–water partition coefficient (Wildman–Crippen LogP) is 1.67. The first kappa shape index (κ1) is 13.4. The molecule has 7 heteroatoms. The van der Waals surface area contributed by atoms with E-state index in [4.69, 9.17) is 0 Å². The number of nitrogens with zero attached hydrogens (tertiary/aromatic N) is 4. The van der Waals surface area contributed by atoms with Crippen molar-refractivity contribution in [3.63, 3.8) is 0 Å². The lowest BCUT2D eigenvalue weighted by Crippen LogP contribution is -2.37. The molecule has 0 aromatic carbocycles. The minimum absolute atomic E-state index is 0.0718. The summed E-state index contributed by atoms with van der Waals surface area (Å²) in [7, 11) is 0. The fraction of sp³-hybridized carbons (Fsp3) is 0.538. The first-order valence-corrected chi connectivity index (χ1v) is 7.89. The van der Waals surface area contributed by atoms with Crippen LogP contribution in [0.15, 0.2) is 23.6 Å². The second kappa shape index (κ2) is 6.21. The highest BCUT2D eigenvalue weighted by molar-refractivity contribution is 7.99. The third kappa shape index (κ3) is 3.09. The van der Waals surface area contributed by atoms with E-state index >= 15 is 0 Å². The summed E-state index contributed by atoms with van der Waals surface area (Å²) in [5.41, 5.74) is 0. The molecule has 0 atom stereocenters. The molecule has 2 heterocycles. The minimum Gasteiger partial charge on any atom is -0.353 e. The van der Waals surface area contributed by atoms with Crippen molar-refractivity contribution >= 4 is 23.4 Å². The van der Waals surface area contributed by atoms with Gasteiger partial charge in [0.25, 0.3) is 5.78 Å². The Morgan fingerprint density at radius 3 is 3.05 bits per heavy atom. The Labute approximate surface area is 121 Å². The zero-order valence-electron chi connectivity index (χ0n) is 11.2.